The monoisotopic (exact) mass is 789 g/mol. The highest BCUT2D eigenvalue weighted by Crippen LogP contribution is 2.56. The molecular weight excluding hydrogens is 751 g/mol. The summed E-state index contributed by atoms with van der Waals surface area (Å²) in [5.41, 5.74) is 15.5. The van der Waals surface area contributed by atoms with Gasteiger partial charge in [-0.2, -0.15) is 0 Å². The standard InChI is InChI=1S/C55H38BF2N3/c57-46-24-11-7-20-40(46)41-21-8-12-25-48(41)60-50-27-14-10-23-44(50)56-45-32-31-39(59(37-16-3-1-4-17-37)38-18-5-2-6-19-38)35-53(45)61(52-29-15-28-51(60)55(52)56)49-26-13-9-22-42(49)54-43-34-36(43)30-33-47(54)58/h1-33,35-36,43H,34H2. The number of nitrogens with zero attached hydrogens (tertiary/aromatic N) is 3. The molecule has 2 aliphatic carbocycles. The van der Waals surface area contributed by atoms with Gasteiger partial charge in [-0.15, -0.1) is 0 Å². The van der Waals surface area contributed by atoms with Gasteiger partial charge in [-0.05, 0) is 114 Å². The third kappa shape index (κ3) is 5.63. The Balaban J connectivity index is 1.14. The Hall–Kier alpha value is -7.44. The molecule has 12 rings (SSSR count). The third-order valence-corrected chi connectivity index (χ3v) is 12.9. The van der Waals surface area contributed by atoms with Crippen molar-refractivity contribution in [3.05, 3.63) is 223 Å². The van der Waals surface area contributed by atoms with Gasteiger partial charge < -0.3 is 14.7 Å². The predicted octanol–water partition coefficient (Wildman–Crippen LogP) is 12.9. The fourth-order valence-corrected chi connectivity index (χ4v) is 10.2. The molecule has 6 heteroatoms. The van der Waals surface area contributed by atoms with Crippen LogP contribution in [0.5, 0.6) is 0 Å². The third-order valence-electron chi connectivity index (χ3n) is 12.9. The lowest BCUT2D eigenvalue weighted by Crippen LogP contribution is -2.61. The van der Waals surface area contributed by atoms with Crippen molar-refractivity contribution in [2.45, 2.75) is 6.42 Å². The largest absolute Gasteiger partial charge is 0.311 e. The Bertz CT molecular complexity index is 3050. The summed E-state index contributed by atoms with van der Waals surface area (Å²) in [4.78, 5) is 6.99. The molecule has 290 valence electrons. The lowest BCUT2D eigenvalue weighted by atomic mass is 9.33. The van der Waals surface area contributed by atoms with Crippen LogP contribution in [0.15, 0.2) is 212 Å². The minimum absolute atomic E-state index is 0.130. The van der Waals surface area contributed by atoms with E-state index in [2.05, 4.69) is 148 Å². The molecule has 0 amide bonds. The Morgan fingerprint density at radius 1 is 0.459 bits per heavy atom. The van der Waals surface area contributed by atoms with Crippen LogP contribution in [0.4, 0.5) is 60.0 Å². The topological polar surface area (TPSA) is 9.72 Å². The maximum absolute atomic E-state index is 16.2. The molecule has 0 N–H and O–H groups in total. The highest BCUT2D eigenvalue weighted by atomic mass is 19.1. The van der Waals surface area contributed by atoms with E-state index in [0.29, 0.717) is 11.5 Å². The van der Waals surface area contributed by atoms with Crippen molar-refractivity contribution in [2.24, 2.45) is 11.8 Å². The van der Waals surface area contributed by atoms with Crippen LogP contribution < -0.4 is 31.1 Å². The summed E-state index contributed by atoms with van der Waals surface area (Å²) in [7, 11) is 0. The fraction of sp³-hybridized carbons (Fsp3) is 0.0545. The summed E-state index contributed by atoms with van der Waals surface area (Å²) in [6.07, 6.45) is 4.65. The van der Waals surface area contributed by atoms with Crippen LogP contribution in [0.1, 0.15) is 12.0 Å². The average Bonchev–Trinajstić information content (AvgIpc) is 4.10. The number of anilines is 9. The second-order valence-electron chi connectivity index (χ2n) is 16.3. The van der Waals surface area contributed by atoms with Crippen LogP contribution in [0.3, 0.4) is 0 Å². The number of benzene rings is 8. The highest BCUT2D eigenvalue weighted by Gasteiger charge is 2.46. The van der Waals surface area contributed by atoms with Gasteiger partial charge in [-0.3, -0.25) is 0 Å². The first-order chi connectivity index (χ1) is 30.1. The van der Waals surface area contributed by atoms with Crippen LogP contribution in [0.25, 0.3) is 16.7 Å². The number of rotatable bonds is 7. The smallest absolute Gasteiger partial charge is 0.252 e. The SMILES string of the molecule is FC1=C(c2ccccc2N2c3cc(N(c4ccccc4)c4ccccc4)ccc3B3c4ccccc4N(c4ccccc4-c4ccccc4F)c4cccc2c43)C2CC2C=C1. The van der Waals surface area contributed by atoms with Gasteiger partial charge in [0.2, 0.25) is 0 Å². The lowest BCUT2D eigenvalue weighted by Gasteiger charge is -2.45. The molecule has 2 heterocycles. The second kappa shape index (κ2) is 14.1. The van der Waals surface area contributed by atoms with E-state index in [1.54, 1.807) is 12.1 Å². The van der Waals surface area contributed by atoms with Crippen LogP contribution in [0, 0.1) is 17.7 Å². The van der Waals surface area contributed by atoms with Gasteiger partial charge in [0.1, 0.15) is 11.6 Å². The van der Waals surface area contributed by atoms with Crippen LogP contribution in [-0.4, -0.2) is 6.71 Å². The molecule has 1 fully saturated rings. The number of para-hydroxylation sites is 5. The van der Waals surface area contributed by atoms with E-state index in [4.69, 9.17) is 0 Å². The number of hydrogen-bond donors (Lipinski definition) is 0. The molecule has 3 nitrogen and oxygen atoms in total. The summed E-state index contributed by atoms with van der Waals surface area (Å²) in [5.74, 6) is 0.0942. The van der Waals surface area contributed by atoms with E-state index in [1.165, 1.54) is 6.07 Å². The zero-order valence-electron chi connectivity index (χ0n) is 33.2. The van der Waals surface area contributed by atoms with Crippen LogP contribution >= 0.6 is 0 Å². The van der Waals surface area contributed by atoms with Crippen molar-refractivity contribution in [1.29, 1.82) is 0 Å². The van der Waals surface area contributed by atoms with Crippen molar-refractivity contribution in [3.63, 3.8) is 0 Å². The predicted molar refractivity (Wildman–Crippen MR) is 249 cm³/mol. The fourth-order valence-electron chi connectivity index (χ4n) is 10.2. The summed E-state index contributed by atoms with van der Waals surface area (Å²) >= 11 is 0. The van der Waals surface area contributed by atoms with Gasteiger partial charge in [0.25, 0.3) is 6.71 Å². The van der Waals surface area contributed by atoms with Gasteiger partial charge in [0.05, 0.1) is 11.4 Å². The number of hydrogen-bond acceptors (Lipinski definition) is 3. The summed E-state index contributed by atoms with van der Waals surface area (Å²) in [6.45, 7) is -0.130. The lowest BCUT2D eigenvalue weighted by molar-refractivity contribution is 0.631. The Kier molecular flexibility index (Phi) is 8.21. The van der Waals surface area contributed by atoms with E-state index in [9.17, 15) is 0 Å². The molecule has 8 aromatic rings. The van der Waals surface area contributed by atoms with E-state index in [-0.39, 0.29) is 24.3 Å². The second-order valence-corrected chi connectivity index (χ2v) is 16.3. The van der Waals surface area contributed by atoms with Crippen LogP contribution in [0.2, 0.25) is 0 Å². The molecule has 1 saturated carbocycles. The van der Waals surface area contributed by atoms with Gasteiger partial charge in [0.15, 0.2) is 0 Å². The normalized spacial score (nSPS) is 16.7. The molecule has 0 saturated heterocycles. The molecule has 8 aromatic carbocycles. The molecule has 0 aromatic heterocycles. The minimum atomic E-state index is -0.266. The minimum Gasteiger partial charge on any atom is -0.311 e. The Labute approximate surface area is 354 Å². The molecule has 2 aliphatic heterocycles. The Morgan fingerprint density at radius 2 is 1.00 bits per heavy atom. The van der Waals surface area contributed by atoms with Gasteiger partial charge in [0, 0.05) is 62.1 Å². The number of fused-ring (bicyclic) bond motifs is 5. The van der Waals surface area contributed by atoms with Crippen molar-refractivity contribution in [1.82, 2.24) is 0 Å². The van der Waals surface area contributed by atoms with E-state index < -0.39 is 0 Å². The van der Waals surface area contributed by atoms with E-state index >= 15 is 8.78 Å². The average molecular weight is 790 g/mol. The number of halogens is 2. The van der Waals surface area contributed by atoms with Crippen molar-refractivity contribution in [3.8, 4) is 11.1 Å². The van der Waals surface area contributed by atoms with Crippen molar-refractivity contribution >= 4 is 79.9 Å². The van der Waals surface area contributed by atoms with E-state index in [0.717, 1.165) is 90.7 Å². The Morgan fingerprint density at radius 3 is 1.70 bits per heavy atom. The highest BCUT2D eigenvalue weighted by molar-refractivity contribution is 7.00. The van der Waals surface area contributed by atoms with Gasteiger partial charge >= 0.3 is 0 Å². The summed E-state index contributed by atoms with van der Waals surface area (Å²) in [5, 5.41) is 0. The molecule has 0 bridgehead atoms. The molecule has 0 radical (unpaired) electrons. The zero-order valence-corrected chi connectivity index (χ0v) is 33.2. The maximum Gasteiger partial charge on any atom is 0.252 e. The molecule has 4 aliphatic rings. The van der Waals surface area contributed by atoms with Crippen LogP contribution in [-0.2, 0) is 0 Å². The molecule has 61 heavy (non-hydrogen) atoms. The molecular formula is C55H38BF2N3. The first kappa shape index (κ1) is 35.5. The molecule has 2 atom stereocenters. The summed E-state index contributed by atoms with van der Waals surface area (Å²) in [6, 6.07) is 66.4. The molecule has 2 unspecified atom stereocenters. The van der Waals surface area contributed by atoms with E-state index in [1.807, 2.05) is 54.6 Å². The molecule has 0 spiro atoms. The quantitative estimate of drug-likeness (QED) is 0.149. The summed E-state index contributed by atoms with van der Waals surface area (Å²) < 4.78 is 31.9. The van der Waals surface area contributed by atoms with Gasteiger partial charge in [-0.25, -0.2) is 8.78 Å². The first-order valence-electron chi connectivity index (χ1n) is 21.0. The zero-order chi connectivity index (χ0) is 40.6. The maximum atomic E-state index is 16.2. The first-order valence-corrected chi connectivity index (χ1v) is 21.0. The van der Waals surface area contributed by atoms with Crippen molar-refractivity contribution < 1.29 is 8.78 Å². The number of allylic oxidation sites excluding steroid dienone is 4. The van der Waals surface area contributed by atoms with Gasteiger partial charge in [-0.1, -0.05) is 127 Å². The van der Waals surface area contributed by atoms with Crippen molar-refractivity contribution in [2.75, 3.05) is 14.7 Å².